The molecule has 0 saturated carbocycles. The lowest BCUT2D eigenvalue weighted by Gasteiger charge is -2.35. The van der Waals surface area contributed by atoms with Crippen molar-refractivity contribution in [1.82, 2.24) is 5.32 Å². The number of hydrogen-bond donors (Lipinski definition) is 4. The minimum absolute atomic E-state index is 0.0211. The molecule has 11 nitrogen and oxygen atoms in total. The molecule has 1 amide bonds. The van der Waals surface area contributed by atoms with Crippen LogP contribution in [-0.4, -0.2) is 62.2 Å². The predicted molar refractivity (Wildman–Crippen MR) is 156 cm³/mol. The van der Waals surface area contributed by atoms with Gasteiger partial charge in [-0.25, -0.2) is 18.0 Å². The summed E-state index contributed by atoms with van der Waals surface area (Å²) in [5.74, 6) is -3.05. The number of benzene rings is 2. The van der Waals surface area contributed by atoms with Crippen LogP contribution in [0.3, 0.4) is 0 Å². The normalized spacial score (nSPS) is 13.9. The van der Waals surface area contributed by atoms with Crippen molar-refractivity contribution < 1.29 is 37.8 Å². The topological polar surface area (TPSA) is 162 Å². The van der Waals surface area contributed by atoms with Crippen molar-refractivity contribution >= 4 is 50.6 Å². The van der Waals surface area contributed by atoms with Gasteiger partial charge >= 0.3 is 11.9 Å². The average Bonchev–Trinajstić information content (AvgIpc) is 3.24. The Kier molecular flexibility index (Phi) is 9.31. The summed E-state index contributed by atoms with van der Waals surface area (Å²) in [6.07, 6.45) is 1.20. The van der Waals surface area contributed by atoms with E-state index in [-0.39, 0.29) is 28.3 Å². The number of hydrogen-bond acceptors (Lipinski definition) is 8. The van der Waals surface area contributed by atoms with Gasteiger partial charge < -0.3 is 25.6 Å². The quantitative estimate of drug-likeness (QED) is 0.255. The van der Waals surface area contributed by atoms with E-state index in [0.717, 1.165) is 11.3 Å². The number of rotatable bonds is 11. The Morgan fingerprint density at radius 2 is 1.80 bits per heavy atom. The van der Waals surface area contributed by atoms with Crippen LogP contribution in [0.15, 0.2) is 48.5 Å². The van der Waals surface area contributed by atoms with Gasteiger partial charge in [0.2, 0.25) is 15.9 Å². The highest BCUT2D eigenvalue weighted by Gasteiger charge is 2.32. The van der Waals surface area contributed by atoms with Crippen LogP contribution in [0.2, 0.25) is 0 Å². The van der Waals surface area contributed by atoms with Crippen LogP contribution < -0.4 is 19.7 Å². The van der Waals surface area contributed by atoms with Crippen molar-refractivity contribution in [1.29, 1.82) is 0 Å². The summed E-state index contributed by atoms with van der Waals surface area (Å²) in [5, 5.41) is 24.7. The number of carbonyl (C=O) groups excluding carboxylic acids is 1. The van der Waals surface area contributed by atoms with Gasteiger partial charge in [-0.3, -0.25) is 9.10 Å². The number of carboxylic acids is 2. The minimum Gasteiger partial charge on any atom is -0.480 e. The molecular formula is C28H31N3O8S2. The number of carboxylic acid groups (broad SMARTS) is 2. The second kappa shape index (κ2) is 12.7. The molecule has 0 aliphatic carbocycles. The smallest absolute Gasteiger partial charge is 0.349 e. The van der Waals surface area contributed by atoms with Crippen LogP contribution in [-0.2, 0) is 25.4 Å². The second-order valence-electron chi connectivity index (χ2n) is 9.67. The largest absolute Gasteiger partial charge is 0.480 e. The van der Waals surface area contributed by atoms with Gasteiger partial charge in [0.25, 0.3) is 0 Å². The maximum Gasteiger partial charge on any atom is 0.349 e. The van der Waals surface area contributed by atoms with Gasteiger partial charge in [-0.15, -0.1) is 11.3 Å². The summed E-state index contributed by atoms with van der Waals surface area (Å²) in [7, 11) is -3.90. The van der Waals surface area contributed by atoms with Crippen LogP contribution in [0.25, 0.3) is 10.4 Å². The lowest BCUT2D eigenvalue weighted by Crippen LogP contribution is -2.46. The molecule has 41 heavy (non-hydrogen) atoms. The Hall–Kier alpha value is -3.94. The molecule has 13 heteroatoms. The van der Waals surface area contributed by atoms with Gasteiger partial charge in [-0.1, -0.05) is 24.3 Å². The van der Waals surface area contributed by atoms with Crippen LogP contribution in [0, 0.1) is 6.92 Å². The summed E-state index contributed by atoms with van der Waals surface area (Å²) in [4.78, 5) is 34.9. The molecule has 0 atom stereocenters. The fourth-order valence-electron chi connectivity index (χ4n) is 4.87. The molecule has 0 radical (unpaired) electrons. The number of sulfonamides is 1. The van der Waals surface area contributed by atoms with E-state index < -0.39 is 28.6 Å². The maximum absolute atomic E-state index is 14.0. The first-order valence-corrected chi connectivity index (χ1v) is 15.3. The van der Waals surface area contributed by atoms with Gasteiger partial charge in [-0.2, -0.15) is 0 Å². The van der Waals surface area contributed by atoms with Gasteiger partial charge in [0.05, 0.1) is 11.4 Å². The first-order valence-electron chi connectivity index (χ1n) is 12.9. The third-order valence-electron chi connectivity index (χ3n) is 6.53. The predicted octanol–water partition coefficient (Wildman–Crippen LogP) is 3.93. The molecule has 0 unspecified atom stereocenters. The molecule has 2 heterocycles. The zero-order valence-corrected chi connectivity index (χ0v) is 24.2. The number of aliphatic carboxylic acids is 1. The standard InChI is InChI=1S/C28H31N3O8S2/c1-17-25(39-15-24(33)34)27(28(35)36)40-26(17)20-6-4-8-23(14-20)31(22-9-11-29-12-10-22)41(37,38)16-19-5-3-7-21(13-19)30-18(2)32/h3-8,13-14,22,29H,9-12,15-16H2,1-2H3,(H,30,32)(H,33,34)(H,35,36). The fraction of sp³-hybridized carbons (Fsp3) is 0.321. The molecule has 4 rings (SSSR count). The fourth-order valence-corrected chi connectivity index (χ4v) is 7.80. The number of carbonyl (C=O) groups is 3. The van der Waals surface area contributed by atoms with Crippen LogP contribution >= 0.6 is 11.3 Å². The Bertz CT molecular complexity index is 1560. The highest BCUT2D eigenvalue weighted by Crippen LogP contribution is 2.42. The number of nitrogens with one attached hydrogen (secondary N) is 2. The third kappa shape index (κ3) is 7.23. The average molecular weight is 602 g/mol. The number of ether oxygens (including phenoxy) is 1. The van der Waals surface area contributed by atoms with Gasteiger partial charge in [0, 0.05) is 29.1 Å². The number of piperidine rings is 1. The Balaban J connectivity index is 1.74. The van der Waals surface area contributed by atoms with E-state index in [4.69, 9.17) is 9.84 Å². The maximum atomic E-state index is 14.0. The Labute approximate surface area is 241 Å². The zero-order valence-electron chi connectivity index (χ0n) is 22.5. The van der Waals surface area contributed by atoms with Crippen molar-refractivity contribution in [2.45, 2.75) is 38.5 Å². The van der Waals surface area contributed by atoms with Gasteiger partial charge in [-0.05, 0) is 68.2 Å². The molecule has 4 N–H and O–H groups in total. The van der Waals surface area contributed by atoms with Gasteiger partial charge in [0.15, 0.2) is 11.5 Å². The third-order valence-corrected chi connectivity index (χ3v) is 9.64. The molecule has 218 valence electrons. The van der Waals surface area contributed by atoms with Crippen molar-refractivity contribution in [3.05, 3.63) is 64.5 Å². The zero-order chi connectivity index (χ0) is 29.7. The van der Waals surface area contributed by atoms with Crippen molar-refractivity contribution in [2.24, 2.45) is 0 Å². The molecule has 1 aliphatic rings. The van der Waals surface area contributed by atoms with E-state index >= 15 is 0 Å². The van der Waals surface area contributed by atoms with Crippen molar-refractivity contribution in [2.75, 3.05) is 29.3 Å². The summed E-state index contributed by atoms with van der Waals surface area (Å²) >= 11 is 0.942. The van der Waals surface area contributed by atoms with Gasteiger partial charge in [0.1, 0.15) is 5.75 Å². The van der Waals surface area contributed by atoms with E-state index in [9.17, 15) is 27.9 Å². The van der Waals surface area contributed by atoms with E-state index in [1.807, 2.05) is 0 Å². The van der Waals surface area contributed by atoms with E-state index in [1.54, 1.807) is 55.5 Å². The summed E-state index contributed by atoms with van der Waals surface area (Å²) in [5.41, 5.74) is 2.50. The summed E-state index contributed by atoms with van der Waals surface area (Å²) < 4.78 is 34.8. The lowest BCUT2D eigenvalue weighted by atomic mass is 10.0. The molecule has 1 fully saturated rings. The molecule has 1 aliphatic heterocycles. The molecule has 2 aromatic carbocycles. The van der Waals surface area contributed by atoms with E-state index in [1.165, 1.54) is 11.2 Å². The van der Waals surface area contributed by atoms with E-state index in [2.05, 4.69) is 10.6 Å². The number of aromatic carboxylic acids is 1. The molecule has 3 aromatic rings. The van der Waals surface area contributed by atoms with Crippen molar-refractivity contribution in [3.8, 4) is 16.2 Å². The Morgan fingerprint density at radius 3 is 2.46 bits per heavy atom. The van der Waals surface area contributed by atoms with Crippen LogP contribution in [0.4, 0.5) is 11.4 Å². The monoisotopic (exact) mass is 601 g/mol. The highest BCUT2D eigenvalue weighted by molar-refractivity contribution is 7.92. The molecule has 0 bridgehead atoms. The number of nitrogens with zero attached hydrogens (tertiary/aromatic N) is 1. The minimum atomic E-state index is -3.90. The molecular weight excluding hydrogens is 570 g/mol. The van der Waals surface area contributed by atoms with Crippen molar-refractivity contribution in [3.63, 3.8) is 0 Å². The number of anilines is 2. The SMILES string of the molecule is CC(=O)Nc1cccc(CS(=O)(=O)N(c2cccc(-c3sc(C(=O)O)c(OCC(=O)O)c3C)c2)C2CCNCC2)c1. The number of amides is 1. The lowest BCUT2D eigenvalue weighted by molar-refractivity contribution is -0.139. The highest BCUT2D eigenvalue weighted by atomic mass is 32.2. The van der Waals surface area contributed by atoms with Crippen LogP contribution in [0.1, 0.15) is 40.6 Å². The Morgan fingerprint density at radius 1 is 1.10 bits per heavy atom. The second-order valence-corrected chi connectivity index (χ2v) is 12.5. The first kappa shape index (κ1) is 30.0. The summed E-state index contributed by atoms with van der Waals surface area (Å²) in [6, 6.07) is 13.3. The van der Waals surface area contributed by atoms with E-state index in [0.29, 0.717) is 58.9 Å². The first-order chi connectivity index (χ1) is 19.5. The van der Waals surface area contributed by atoms with Crippen LogP contribution in [0.5, 0.6) is 5.75 Å². The molecule has 0 spiro atoms. The number of thiophene rings is 1. The molecule has 1 saturated heterocycles. The molecule has 1 aromatic heterocycles. The summed E-state index contributed by atoms with van der Waals surface area (Å²) in [6.45, 7) is 3.65.